The Balaban J connectivity index is 1.77. The van der Waals surface area contributed by atoms with Crippen molar-refractivity contribution in [2.75, 3.05) is 5.73 Å². The number of anilines is 1. The SMILES string of the molecule is Nc1cc(/C=C/C(=O)CC(=O)c2cc3ccc(Cl)cc3[nH]c2=O)ccc1Cl. The van der Waals surface area contributed by atoms with Crippen molar-refractivity contribution in [3.8, 4) is 0 Å². The van der Waals surface area contributed by atoms with Gasteiger partial charge < -0.3 is 10.7 Å². The summed E-state index contributed by atoms with van der Waals surface area (Å²) in [6, 6.07) is 11.3. The molecule has 3 rings (SSSR count). The minimum absolute atomic E-state index is 0.0673. The molecule has 0 fully saturated rings. The summed E-state index contributed by atoms with van der Waals surface area (Å²) in [5, 5.41) is 1.55. The van der Waals surface area contributed by atoms with Crippen LogP contribution in [-0.2, 0) is 4.79 Å². The van der Waals surface area contributed by atoms with Crippen LogP contribution in [0.2, 0.25) is 10.0 Å². The van der Waals surface area contributed by atoms with Crippen LogP contribution in [0.15, 0.2) is 53.3 Å². The van der Waals surface area contributed by atoms with Gasteiger partial charge in [0.05, 0.1) is 22.7 Å². The van der Waals surface area contributed by atoms with Gasteiger partial charge in [0.15, 0.2) is 11.6 Å². The summed E-state index contributed by atoms with van der Waals surface area (Å²) in [7, 11) is 0. The summed E-state index contributed by atoms with van der Waals surface area (Å²) in [5.74, 6) is -0.984. The van der Waals surface area contributed by atoms with E-state index in [-0.39, 0.29) is 5.56 Å². The highest BCUT2D eigenvalue weighted by molar-refractivity contribution is 6.33. The van der Waals surface area contributed by atoms with Gasteiger partial charge in [-0.05, 0) is 47.4 Å². The Bertz CT molecular complexity index is 1150. The number of nitrogen functional groups attached to an aromatic ring is 1. The normalized spacial score (nSPS) is 11.2. The number of carbonyl (C=O) groups is 2. The third-order valence-corrected chi connectivity index (χ3v) is 4.50. The van der Waals surface area contributed by atoms with E-state index in [0.717, 1.165) is 0 Å². The summed E-state index contributed by atoms with van der Waals surface area (Å²) in [6.45, 7) is 0. The standard InChI is InChI=1S/C20H14Cl2N2O3/c21-13-4-3-12-8-15(20(27)24-18(12)9-13)19(26)10-14(25)5-1-11-2-6-16(22)17(23)7-11/h1-9H,10,23H2,(H,24,27)/b5-1+. The fourth-order valence-corrected chi connectivity index (χ4v) is 2.84. The molecule has 3 N–H and O–H groups in total. The number of Topliss-reactive ketones (excluding diaryl/α,β-unsaturated/α-hetero) is 1. The van der Waals surface area contributed by atoms with Gasteiger partial charge in [-0.2, -0.15) is 0 Å². The molecule has 0 unspecified atom stereocenters. The number of hydrogen-bond donors (Lipinski definition) is 2. The molecule has 27 heavy (non-hydrogen) atoms. The molecule has 0 bridgehead atoms. The minimum Gasteiger partial charge on any atom is -0.398 e. The van der Waals surface area contributed by atoms with Gasteiger partial charge >= 0.3 is 0 Å². The Morgan fingerprint density at radius 1 is 1.07 bits per heavy atom. The second-order valence-corrected chi connectivity index (χ2v) is 6.77. The predicted molar refractivity (Wildman–Crippen MR) is 108 cm³/mol. The van der Waals surface area contributed by atoms with Gasteiger partial charge in [0, 0.05) is 10.5 Å². The average molecular weight is 401 g/mol. The first kappa shape index (κ1) is 18.9. The van der Waals surface area contributed by atoms with Crippen LogP contribution in [0.25, 0.3) is 17.0 Å². The number of rotatable bonds is 5. The predicted octanol–water partition coefficient (Wildman–Crippen LogP) is 4.27. The molecule has 136 valence electrons. The fourth-order valence-electron chi connectivity index (χ4n) is 2.55. The molecule has 5 nitrogen and oxygen atoms in total. The molecule has 1 aromatic heterocycles. The molecule has 0 amide bonds. The molecular weight excluding hydrogens is 387 g/mol. The van der Waals surface area contributed by atoms with Gasteiger partial charge in [-0.1, -0.05) is 41.4 Å². The lowest BCUT2D eigenvalue weighted by Crippen LogP contribution is -2.19. The maximum absolute atomic E-state index is 12.4. The molecule has 2 aromatic carbocycles. The van der Waals surface area contributed by atoms with Crippen molar-refractivity contribution >= 4 is 57.4 Å². The highest BCUT2D eigenvalue weighted by Crippen LogP contribution is 2.20. The summed E-state index contributed by atoms with van der Waals surface area (Å²) in [4.78, 5) is 39.2. The van der Waals surface area contributed by atoms with Gasteiger partial charge in [-0.25, -0.2) is 0 Å². The maximum atomic E-state index is 12.4. The fraction of sp³-hybridized carbons (Fsp3) is 0.0500. The van der Waals surface area contributed by atoms with Crippen LogP contribution in [0, 0.1) is 0 Å². The van der Waals surface area contributed by atoms with Crippen molar-refractivity contribution in [1.29, 1.82) is 0 Å². The summed E-state index contributed by atoms with van der Waals surface area (Å²) < 4.78 is 0. The second-order valence-electron chi connectivity index (χ2n) is 5.92. The van der Waals surface area contributed by atoms with Crippen molar-refractivity contribution in [2.24, 2.45) is 0 Å². The Kier molecular flexibility index (Phi) is 5.44. The van der Waals surface area contributed by atoms with Gasteiger partial charge in [0.25, 0.3) is 5.56 Å². The lowest BCUT2D eigenvalue weighted by molar-refractivity contribution is -0.113. The van der Waals surface area contributed by atoms with E-state index in [4.69, 9.17) is 28.9 Å². The van der Waals surface area contributed by atoms with Crippen LogP contribution < -0.4 is 11.3 Å². The number of aromatic amines is 1. The number of carbonyl (C=O) groups excluding carboxylic acids is 2. The van der Waals surface area contributed by atoms with Crippen LogP contribution in [-0.4, -0.2) is 16.6 Å². The molecule has 0 radical (unpaired) electrons. The van der Waals surface area contributed by atoms with Crippen LogP contribution in [0.5, 0.6) is 0 Å². The number of allylic oxidation sites excluding steroid dienone is 1. The van der Waals surface area contributed by atoms with Crippen LogP contribution in [0.4, 0.5) is 5.69 Å². The molecule has 0 aliphatic carbocycles. The van der Waals surface area contributed by atoms with E-state index in [2.05, 4.69) is 4.98 Å². The Morgan fingerprint density at radius 3 is 2.59 bits per heavy atom. The third-order valence-electron chi connectivity index (χ3n) is 3.92. The van der Waals surface area contributed by atoms with Gasteiger partial charge in [-0.15, -0.1) is 0 Å². The van der Waals surface area contributed by atoms with Crippen molar-refractivity contribution in [3.63, 3.8) is 0 Å². The molecule has 0 saturated heterocycles. The zero-order valence-electron chi connectivity index (χ0n) is 14.0. The van der Waals surface area contributed by atoms with Gasteiger partial charge in [0.2, 0.25) is 0 Å². The van der Waals surface area contributed by atoms with E-state index < -0.39 is 23.5 Å². The van der Waals surface area contributed by atoms with E-state index in [1.165, 1.54) is 18.2 Å². The number of benzene rings is 2. The number of H-pyrrole nitrogens is 1. The first-order valence-corrected chi connectivity index (χ1v) is 8.71. The average Bonchev–Trinajstić information content (AvgIpc) is 2.62. The number of nitrogens with two attached hydrogens (primary N) is 1. The van der Waals surface area contributed by atoms with Gasteiger partial charge in [-0.3, -0.25) is 14.4 Å². The number of halogens is 2. The summed E-state index contributed by atoms with van der Waals surface area (Å²) >= 11 is 11.7. The van der Waals surface area contributed by atoms with Crippen LogP contribution in [0.1, 0.15) is 22.3 Å². The second kappa shape index (κ2) is 7.78. The molecule has 3 aromatic rings. The molecule has 0 aliphatic heterocycles. The van der Waals surface area contributed by atoms with E-state index in [1.54, 1.807) is 36.4 Å². The molecular formula is C20H14Cl2N2O3. The van der Waals surface area contributed by atoms with E-state index in [1.807, 2.05) is 0 Å². The van der Waals surface area contributed by atoms with Crippen LogP contribution >= 0.6 is 23.2 Å². The Hall–Kier alpha value is -2.89. The maximum Gasteiger partial charge on any atom is 0.259 e. The number of fused-ring (bicyclic) bond motifs is 1. The van der Waals surface area contributed by atoms with Crippen molar-refractivity contribution in [1.82, 2.24) is 4.98 Å². The first-order chi connectivity index (χ1) is 12.8. The third kappa shape index (κ3) is 4.45. The first-order valence-electron chi connectivity index (χ1n) is 7.95. The lowest BCUT2D eigenvalue weighted by Gasteiger charge is -2.03. The Morgan fingerprint density at radius 2 is 1.85 bits per heavy atom. The molecule has 0 spiro atoms. The minimum atomic E-state index is -0.558. The van der Waals surface area contributed by atoms with Crippen molar-refractivity contribution in [3.05, 3.63) is 80.1 Å². The van der Waals surface area contributed by atoms with E-state index in [0.29, 0.717) is 32.2 Å². The number of hydrogen-bond acceptors (Lipinski definition) is 4. The topological polar surface area (TPSA) is 93.0 Å². The molecule has 7 heteroatoms. The molecule has 0 saturated carbocycles. The molecule has 1 heterocycles. The molecule has 0 aliphatic rings. The number of aromatic nitrogens is 1. The number of ketones is 2. The summed E-state index contributed by atoms with van der Waals surface area (Å²) in [5.41, 5.74) is 6.67. The number of nitrogens with one attached hydrogen (secondary N) is 1. The highest BCUT2D eigenvalue weighted by atomic mass is 35.5. The lowest BCUT2D eigenvalue weighted by atomic mass is 10.0. The van der Waals surface area contributed by atoms with Crippen molar-refractivity contribution in [2.45, 2.75) is 6.42 Å². The zero-order valence-corrected chi connectivity index (χ0v) is 15.5. The van der Waals surface area contributed by atoms with E-state index in [9.17, 15) is 14.4 Å². The number of pyridine rings is 1. The van der Waals surface area contributed by atoms with Crippen molar-refractivity contribution < 1.29 is 9.59 Å². The summed E-state index contributed by atoms with van der Waals surface area (Å²) in [6.07, 6.45) is 2.40. The van der Waals surface area contributed by atoms with Gasteiger partial charge in [0.1, 0.15) is 0 Å². The molecule has 0 atom stereocenters. The highest BCUT2D eigenvalue weighted by Gasteiger charge is 2.15. The van der Waals surface area contributed by atoms with E-state index >= 15 is 0 Å². The monoisotopic (exact) mass is 400 g/mol. The largest absolute Gasteiger partial charge is 0.398 e. The van der Waals surface area contributed by atoms with Crippen LogP contribution in [0.3, 0.4) is 0 Å². The smallest absolute Gasteiger partial charge is 0.259 e. The Labute approximate surface area is 164 Å². The quantitative estimate of drug-likeness (QED) is 0.289. The zero-order chi connectivity index (χ0) is 19.6.